The van der Waals surface area contributed by atoms with Gasteiger partial charge in [-0.1, -0.05) is 44.4 Å². The number of anilines is 1. The minimum absolute atomic E-state index is 0.197. The number of benzene rings is 1. The molecule has 110 valence electrons. The molecule has 0 atom stereocenters. The Bertz CT molecular complexity index is 438. The van der Waals surface area contributed by atoms with E-state index in [0.717, 1.165) is 24.9 Å². The molecule has 20 heavy (non-hydrogen) atoms. The fraction of sp³-hybridized carbons (Fsp3) is 0.588. The van der Waals surface area contributed by atoms with Gasteiger partial charge in [0, 0.05) is 18.8 Å². The number of amides is 1. The van der Waals surface area contributed by atoms with Crippen LogP contribution < -0.4 is 5.32 Å². The molecule has 1 N–H and O–H groups in total. The third-order valence-corrected chi connectivity index (χ3v) is 4.34. The Kier molecular flexibility index (Phi) is 5.45. The molecule has 0 unspecified atom stereocenters. The number of carbonyl (C=O) groups is 1. The zero-order chi connectivity index (χ0) is 14.4. The van der Waals surface area contributed by atoms with Crippen LogP contribution in [0, 0.1) is 0 Å². The number of hydrogen-bond acceptors (Lipinski definition) is 2. The van der Waals surface area contributed by atoms with Gasteiger partial charge in [0.15, 0.2) is 0 Å². The van der Waals surface area contributed by atoms with Gasteiger partial charge in [-0.25, -0.2) is 0 Å². The molecule has 2 rings (SSSR count). The minimum Gasteiger partial charge on any atom is -0.376 e. The second kappa shape index (κ2) is 7.32. The van der Waals surface area contributed by atoms with Crippen molar-refractivity contribution in [3.63, 3.8) is 0 Å². The Labute approximate surface area is 122 Å². The standard InChI is InChI=1S/C17H26N2O/c1-3-14-9-7-8-12-16(14)18-13-17(20)19(2)15-10-5-4-6-11-15/h7-9,12,15,18H,3-6,10-11,13H2,1-2H3. The highest BCUT2D eigenvalue weighted by Crippen LogP contribution is 2.22. The molecule has 3 nitrogen and oxygen atoms in total. The number of hydrogen-bond donors (Lipinski definition) is 1. The summed E-state index contributed by atoms with van der Waals surface area (Å²) in [4.78, 5) is 14.2. The molecular formula is C17H26N2O. The summed E-state index contributed by atoms with van der Waals surface area (Å²) in [5.41, 5.74) is 2.35. The molecule has 0 radical (unpaired) electrons. The number of rotatable bonds is 5. The minimum atomic E-state index is 0.197. The Morgan fingerprint density at radius 1 is 1.25 bits per heavy atom. The molecule has 0 saturated heterocycles. The Balaban J connectivity index is 1.87. The molecule has 0 aliphatic heterocycles. The second-order valence-corrected chi connectivity index (χ2v) is 5.66. The molecule has 0 bridgehead atoms. The van der Waals surface area contributed by atoms with E-state index in [1.54, 1.807) is 0 Å². The van der Waals surface area contributed by atoms with E-state index in [4.69, 9.17) is 0 Å². The van der Waals surface area contributed by atoms with Gasteiger partial charge in [-0.05, 0) is 30.9 Å². The van der Waals surface area contributed by atoms with E-state index in [1.807, 2.05) is 30.1 Å². The lowest BCUT2D eigenvalue weighted by molar-refractivity contribution is -0.130. The van der Waals surface area contributed by atoms with Gasteiger partial charge in [0.1, 0.15) is 0 Å². The van der Waals surface area contributed by atoms with Crippen LogP contribution in [0.15, 0.2) is 24.3 Å². The van der Waals surface area contributed by atoms with Crippen molar-refractivity contribution < 1.29 is 4.79 Å². The molecular weight excluding hydrogens is 248 g/mol. The molecule has 3 heteroatoms. The summed E-state index contributed by atoms with van der Waals surface area (Å²) in [5.74, 6) is 0.197. The van der Waals surface area contributed by atoms with E-state index < -0.39 is 0 Å². The van der Waals surface area contributed by atoms with Crippen molar-refractivity contribution in [3.8, 4) is 0 Å². The van der Waals surface area contributed by atoms with Gasteiger partial charge in [-0.2, -0.15) is 0 Å². The smallest absolute Gasteiger partial charge is 0.241 e. The summed E-state index contributed by atoms with van der Waals surface area (Å²) in [7, 11) is 1.95. The number of aryl methyl sites for hydroxylation is 1. The summed E-state index contributed by atoms with van der Waals surface area (Å²) in [6.07, 6.45) is 7.14. The molecule has 1 saturated carbocycles. The van der Waals surface area contributed by atoms with Gasteiger partial charge in [0.05, 0.1) is 6.54 Å². The topological polar surface area (TPSA) is 32.3 Å². The highest BCUT2D eigenvalue weighted by molar-refractivity contribution is 5.81. The van der Waals surface area contributed by atoms with Crippen molar-refractivity contribution in [2.75, 3.05) is 18.9 Å². The van der Waals surface area contributed by atoms with Crippen LogP contribution in [0.3, 0.4) is 0 Å². The predicted molar refractivity (Wildman–Crippen MR) is 84.0 cm³/mol. The maximum absolute atomic E-state index is 12.3. The van der Waals surface area contributed by atoms with Gasteiger partial charge < -0.3 is 10.2 Å². The largest absolute Gasteiger partial charge is 0.376 e. The average Bonchev–Trinajstić information content (AvgIpc) is 2.53. The average molecular weight is 274 g/mol. The fourth-order valence-electron chi connectivity index (χ4n) is 2.97. The maximum atomic E-state index is 12.3. The number of nitrogens with zero attached hydrogens (tertiary/aromatic N) is 1. The van der Waals surface area contributed by atoms with E-state index >= 15 is 0 Å². The van der Waals surface area contributed by atoms with E-state index in [9.17, 15) is 4.79 Å². The van der Waals surface area contributed by atoms with E-state index in [-0.39, 0.29) is 5.91 Å². The highest BCUT2D eigenvalue weighted by Gasteiger charge is 2.21. The first-order chi connectivity index (χ1) is 9.72. The first kappa shape index (κ1) is 14.9. The summed E-state index contributed by atoms with van der Waals surface area (Å²) in [5, 5.41) is 3.29. The van der Waals surface area contributed by atoms with Gasteiger partial charge in [-0.3, -0.25) is 4.79 Å². The quantitative estimate of drug-likeness (QED) is 0.892. The lowest BCUT2D eigenvalue weighted by atomic mass is 9.94. The molecule has 1 fully saturated rings. The van der Waals surface area contributed by atoms with E-state index in [0.29, 0.717) is 12.6 Å². The molecule has 0 heterocycles. The zero-order valence-corrected chi connectivity index (χ0v) is 12.7. The van der Waals surface area contributed by atoms with Crippen LogP contribution in [0.2, 0.25) is 0 Å². The molecule has 0 aromatic heterocycles. The molecule has 1 amide bonds. The first-order valence-corrected chi connectivity index (χ1v) is 7.79. The lowest BCUT2D eigenvalue weighted by Crippen LogP contribution is -2.41. The zero-order valence-electron chi connectivity index (χ0n) is 12.7. The fourth-order valence-corrected chi connectivity index (χ4v) is 2.97. The lowest BCUT2D eigenvalue weighted by Gasteiger charge is -2.31. The molecule has 1 aliphatic rings. The van der Waals surface area contributed by atoms with E-state index in [1.165, 1.54) is 24.8 Å². The van der Waals surface area contributed by atoms with Crippen LogP contribution in [-0.4, -0.2) is 30.4 Å². The first-order valence-electron chi connectivity index (χ1n) is 7.79. The van der Waals surface area contributed by atoms with Crippen LogP contribution in [0.1, 0.15) is 44.6 Å². The van der Waals surface area contributed by atoms with Gasteiger partial charge in [0.2, 0.25) is 5.91 Å². The van der Waals surface area contributed by atoms with Crippen LogP contribution in [0.5, 0.6) is 0 Å². The number of carbonyl (C=O) groups excluding carboxylic acids is 1. The monoisotopic (exact) mass is 274 g/mol. The number of nitrogens with one attached hydrogen (secondary N) is 1. The third kappa shape index (κ3) is 3.75. The predicted octanol–water partition coefficient (Wildman–Crippen LogP) is 3.45. The highest BCUT2D eigenvalue weighted by atomic mass is 16.2. The normalized spacial score (nSPS) is 15.9. The van der Waals surface area contributed by atoms with Crippen LogP contribution in [0.4, 0.5) is 5.69 Å². The Hall–Kier alpha value is -1.51. The Morgan fingerprint density at radius 2 is 1.95 bits per heavy atom. The maximum Gasteiger partial charge on any atom is 0.241 e. The second-order valence-electron chi connectivity index (χ2n) is 5.66. The SMILES string of the molecule is CCc1ccccc1NCC(=O)N(C)C1CCCCC1. The summed E-state index contributed by atoms with van der Waals surface area (Å²) < 4.78 is 0. The van der Waals surface area contributed by atoms with Crippen LogP contribution in [0.25, 0.3) is 0 Å². The van der Waals surface area contributed by atoms with Crippen molar-refractivity contribution >= 4 is 11.6 Å². The van der Waals surface area contributed by atoms with Gasteiger partial charge in [0.25, 0.3) is 0 Å². The molecule has 1 aromatic carbocycles. The van der Waals surface area contributed by atoms with Gasteiger partial charge in [-0.15, -0.1) is 0 Å². The third-order valence-electron chi connectivity index (χ3n) is 4.34. The summed E-state index contributed by atoms with van der Waals surface area (Å²) in [6, 6.07) is 8.65. The van der Waals surface area contributed by atoms with Crippen molar-refractivity contribution in [2.24, 2.45) is 0 Å². The Morgan fingerprint density at radius 3 is 2.65 bits per heavy atom. The molecule has 1 aromatic rings. The van der Waals surface area contributed by atoms with Crippen molar-refractivity contribution in [3.05, 3.63) is 29.8 Å². The van der Waals surface area contributed by atoms with Crippen LogP contribution >= 0.6 is 0 Å². The number of para-hydroxylation sites is 1. The molecule has 1 aliphatic carbocycles. The van der Waals surface area contributed by atoms with Gasteiger partial charge >= 0.3 is 0 Å². The summed E-state index contributed by atoms with van der Waals surface area (Å²) in [6.45, 7) is 2.53. The van der Waals surface area contributed by atoms with Crippen LogP contribution in [-0.2, 0) is 11.2 Å². The van der Waals surface area contributed by atoms with Crippen molar-refractivity contribution in [1.29, 1.82) is 0 Å². The van der Waals surface area contributed by atoms with E-state index in [2.05, 4.69) is 18.3 Å². The van der Waals surface area contributed by atoms with Crippen molar-refractivity contribution in [2.45, 2.75) is 51.5 Å². The number of likely N-dealkylation sites (N-methyl/N-ethyl adjacent to an activating group) is 1. The molecule has 0 spiro atoms. The summed E-state index contributed by atoms with van der Waals surface area (Å²) >= 11 is 0. The van der Waals surface area contributed by atoms with Crippen molar-refractivity contribution in [1.82, 2.24) is 4.90 Å².